The average molecular weight is 273 g/mol. The van der Waals surface area contributed by atoms with Gasteiger partial charge in [0.2, 0.25) is 5.91 Å². The van der Waals surface area contributed by atoms with Gasteiger partial charge < -0.3 is 11.1 Å². The van der Waals surface area contributed by atoms with Crippen LogP contribution in [0.3, 0.4) is 0 Å². The number of aryl methyl sites for hydroxylation is 2. The number of hydrogen-bond acceptors (Lipinski definition) is 4. The Kier molecular flexibility index (Phi) is 4.14. The topological polar surface area (TPSA) is 85.8 Å². The fourth-order valence-corrected chi connectivity index (χ4v) is 1.86. The quantitative estimate of drug-likeness (QED) is 0.864. The van der Waals surface area contributed by atoms with Crippen LogP contribution in [0.2, 0.25) is 0 Å². The monoisotopic (exact) mass is 273 g/mol. The Morgan fingerprint density at radius 2 is 2.20 bits per heavy atom. The molecule has 0 fully saturated rings. The molecule has 106 valence electrons. The van der Waals surface area contributed by atoms with E-state index in [-0.39, 0.29) is 5.91 Å². The number of carbonyl (C=O) groups is 1. The summed E-state index contributed by atoms with van der Waals surface area (Å²) in [6, 6.07) is 5.29. The molecular formula is C14H19N5O. The number of aromatic nitrogens is 3. The van der Waals surface area contributed by atoms with E-state index in [9.17, 15) is 4.79 Å². The smallest absolute Gasteiger partial charge is 0.236 e. The number of nitrogens with one attached hydrogen (secondary N) is 1. The van der Waals surface area contributed by atoms with E-state index in [1.807, 2.05) is 32.0 Å². The van der Waals surface area contributed by atoms with Gasteiger partial charge in [0, 0.05) is 18.4 Å². The lowest BCUT2D eigenvalue weighted by Crippen LogP contribution is -2.37. The Bertz CT molecular complexity index is 601. The summed E-state index contributed by atoms with van der Waals surface area (Å²) in [5, 5.41) is 7.12. The minimum Gasteiger partial charge on any atom is -0.351 e. The van der Waals surface area contributed by atoms with Gasteiger partial charge in [0.05, 0.1) is 11.7 Å². The number of amides is 1. The number of rotatable bonds is 4. The minimum absolute atomic E-state index is 0.173. The van der Waals surface area contributed by atoms with Crippen molar-refractivity contribution in [3.63, 3.8) is 0 Å². The molecule has 6 nitrogen and oxygen atoms in total. The number of hydrogen-bond donors (Lipinski definition) is 2. The first-order chi connectivity index (χ1) is 9.47. The summed E-state index contributed by atoms with van der Waals surface area (Å²) in [7, 11) is 0. The number of carbonyl (C=O) groups excluding carboxylic acids is 1. The molecule has 0 saturated carbocycles. The van der Waals surface area contributed by atoms with Crippen LogP contribution in [0.4, 0.5) is 0 Å². The average Bonchev–Trinajstić information content (AvgIpc) is 2.75. The van der Waals surface area contributed by atoms with Gasteiger partial charge in [0.1, 0.15) is 0 Å². The minimum atomic E-state index is -0.503. The van der Waals surface area contributed by atoms with E-state index in [2.05, 4.69) is 15.4 Å². The van der Waals surface area contributed by atoms with Gasteiger partial charge in [-0.05, 0) is 38.5 Å². The van der Waals surface area contributed by atoms with E-state index in [4.69, 9.17) is 5.73 Å². The van der Waals surface area contributed by atoms with Crippen LogP contribution in [0.15, 0.2) is 24.4 Å². The summed E-state index contributed by atoms with van der Waals surface area (Å²) in [4.78, 5) is 15.7. The van der Waals surface area contributed by atoms with E-state index in [1.54, 1.807) is 17.8 Å². The molecule has 0 bridgehead atoms. The van der Waals surface area contributed by atoms with Crippen molar-refractivity contribution in [1.82, 2.24) is 20.1 Å². The molecule has 3 N–H and O–H groups in total. The van der Waals surface area contributed by atoms with E-state index in [1.165, 1.54) is 0 Å². The molecule has 0 aliphatic heterocycles. The maximum Gasteiger partial charge on any atom is 0.236 e. The van der Waals surface area contributed by atoms with Crippen molar-refractivity contribution in [3.05, 3.63) is 41.3 Å². The second-order valence-electron chi connectivity index (χ2n) is 4.87. The van der Waals surface area contributed by atoms with E-state index >= 15 is 0 Å². The highest BCUT2D eigenvalue weighted by Gasteiger charge is 2.07. The van der Waals surface area contributed by atoms with Crippen LogP contribution in [0.5, 0.6) is 0 Å². The zero-order valence-corrected chi connectivity index (χ0v) is 11.9. The third kappa shape index (κ3) is 3.21. The first-order valence-corrected chi connectivity index (χ1v) is 6.49. The molecule has 0 aliphatic rings. The lowest BCUT2D eigenvalue weighted by atomic mass is 10.2. The molecule has 6 heteroatoms. The Morgan fingerprint density at radius 3 is 2.70 bits per heavy atom. The Balaban J connectivity index is 2.07. The molecule has 0 spiro atoms. The molecule has 0 saturated heterocycles. The summed E-state index contributed by atoms with van der Waals surface area (Å²) in [6.45, 7) is 6.00. The molecule has 0 aliphatic carbocycles. The van der Waals surface area contributed by atoms with Crippen LogP contribution >= 0.6 is 0 Å². The zero-order chi connectivity index (χ0) is 14.7. The predicted molar refractivity (Wildman–Crippen MR) is 76.3 cm³/mol. The van der Waals surface area contributed by atoms with Gasteiger partial charge in [0.15, 0.2) is 5.82 Å². The van der Waals surface area contributed by atoms with E-state index in [0.29, 0.717) is 6.54 Å². The van der Waals surface area contributed by atoms with Crippen LogP contribution in [-0.4, -0.2) is 26.7 Å². The Labute approximate surface area is 118 Å². The van der Waals surface area contributed by atoms with Gasteiger partial charge in [-0.25, -0.2) is 9.67 Å². The number of pyridine rings is 1. The number of nitrogens with two attached hydrogens (primary N) is 1. The Hall–Kier alpha value is -2.21. The molecule has 2 rings (SSSR count). The molecule has 2 aromatic rings. The lowest BCUT2D eigenvalue weighted by molar-refractivity contribution is -0.122. The third-order valence-corrected chi connectivity index (χ3v) is 2.92. The maximum atomic E-state index is 11.4. The van der Waals surface area contributed by atoms with E-state index < -0.39 is 6.04 Å². The zero-order valence-electron chi connectivity index (χ0n) is 11.9. The molecule has 2 aromatic heterocycles. The highest BCUT2D eigenvalue weighted by molar-refractivity contribution is 5.80. The largest absolute Gasteiger partial charge is 0.351 e. The van der Waals surface area contributed by atoms with Gasteiger partial charge in [-0.2, -0.15) is 5.10 Å². The van der Waals surface area contributed by atoms with Crippen molar-refractivity contribution in [2.45, 2.75) is 33.4 Å². The van der Waals surface area contributed by atoms with Crippen molar-refractivity contribution in [3.8, 4) is 5.82 Å². The molecule has 2 heterocycles. The summed E-state index contributed by atoms with van der Waals surface area (Å²) in [5.74, 6) is 0.588. The van der Waals surface area contributed by atoms with Crippen LogP contribution in [0.25, 0.3) is 5.82 Å². The van der Waals surface area contributed by atoms with E-state index in [0.717, 1.165) is 22.8 Å². The molecule has 1 amide bonds. The van der Waals surface area contributed by atoms with Gasteiger partial charge in [-0.3, -0.25) is 4.79 Å². The van der Waals surface area contributed by atoms with Crippen molar-refractivity contribution < 1.29 is 4.79 Å². The summed E-state index contributed by atoms with van der Waals surface area (Å²) in [5.41, 5.74) is 8.39. The summed E-state index contributed by atoms with van der Waals surface area (Å²) in [6.07, 6.45) is 1.73. The molecule has 1 atom stereocenters. The SMILES string of the molecule is Cc1cc(C)n(-c2ccc(CNC(=O)[C@@H](C)N)cn2)n1. The van der Waals surface area contributed by atoms with Crippen molar-refractivity contribution >= 4 is 5.91 Å². The van der Waals surface area contributed by atoms with Gasteiger partial charge in [-0.15, -0.1) is 0 Å². The number of nitrogens with zero attached hydrogens (tertiary/aromatic N) is 3. The van der Waals surface area contributed by atoms with Crippen LogP contribution in [-0.2, 0) is 11.3 Å². The highest BCUT2D eigenvalue weighted by Crippen LogP contribution is 2.10. The summed E-state index contributed by atoms with van der Waals surface area (Å²) < 4.78 is 1.79. The van der Waals surface area contributed by atoms with Crippen molar-refractivity contribution in [2.75, 3.05) is 0 Å². The first-order valence-electron chi connectivity index (χ1n) is 6.49. The van der Waals surface area contributed by atoms with Crippen molar-refractivity contribution in [1.29, 1.82) is 0 Å². The van der Waals surface area contributed by atoms with Crippen LogP contribution < -0.4 is 11.1 Å². The first kappa shape index (κ1) is 14.2. The molecular weight excluding hydrogens is 254 g/mol. The molecule has 0 radical (unpaired) electrons. The highest BCUT2D eigenvalue weighted by atomic mass is 16.2. The normalized spacial score (nSPS) is 12.2. The third-order valence-electron chi connectivity index (χ3n) is 2.92. The summed E-state index contributed by atoms with van der Waals surface area (Å²) >= 11 is 0. The van der Waals surface area contributed by atoms with Gasteiger partial charge in [0.25, 0.3) is 0 Å². The standard InChI is InChI=1S/C14H19N5O/c1-9-6-10(2)19(18-9)13-5-4-12(7-16-13)8-17-14(20)11(3)15/h4-7,11H,8,15H2,1-3H3,(H,17,20)/t11-/m1/s1. The fourth-order valence-electron chi connectivity index (χ4n) is 1.86. The Morgan fingerprint density at radius 1 is 1.45 bits per heavy atom. The van der Waals surface area contributed by atoms with Crippen LogP contribution in [0.1, 0.15) is 23.9 Å². The van der Waals surface area contributed by atoms with Gasteiger partial charge in [-0.1, -0.05) is 6.07 Å². The maximum absolute atomic E-state index is 11.4. The predicted octanol–water partition coefficient (Wildman–Crippen LogP) is 0.848. The second-order valence-corrected chi connectivity index (χ2v) is 4.87. The van der Waals surface area contributed by atoms with Crippen LogP contribution in [0, 0.1) is 13.8 Å². The van der Waals surface area contributed by atoms with Crippen molar-refractivity contribution in [2.24, 2.45) is 5.73 Å². The lowest BCUT2D eigenvalue weighted by Gasteiger charge is -2.08. The van der Waals surface area contributed by atoms with Gasteiger partial charge >= 0.3 is 0 Å². The molecule has 0 aromatic carbocycles. The fraction of sp³-hybridized carbons (Fsp3) is 0.357. The second kappa shape index (κ2) is 5.83. The molecule has 20 heavy (non-hydrogen) atoms. The molecule has 0 unspecified atom stereocenters.